The Morgan fingerprint density at radius 1 is 1.29 bits per heavy atom. The number of halogens is 3. The van der Waals surface area contributed by atoms with Crippen LogP contribution in [0.3, 0.4) is 0 Å². The molecule has 1 aliphatic rings. The predicted octanol–water partition coefficient (Wildman–Crippen LogP) is 3.99. The van der Waals surface area contributed by atoms with Gasteiger partial charge in [-0.3, -0.25) is 4.90 Å². The highest BCUT2D eigenvalue weighted by Crippen LogP contribution is 2.37. The first-order valence-electron chi connectivity index (χ1n) is 7.06. The summed E-state index contributed by atoms with van der Waals surface area (Å²) in [5, 5.41) is 13.6. The quantitative estimate of drug-likeness (QED) is 0.803. The summed E-state index contributed by atoms with van der Waals surface area (Å²) in [7, 11) is 0. The first kappa shape index (κ1) is 21.0. The third kappa shape index (κ3) is 5.29. The Kier molecular flexibility index (Phi) is 9.90. The number of nitrogens with zero attached hydrogens (tertiary/aromatic N) is 1. The molecule has 1 heterocycles. The SMILES string of the molecule is CCC(C)[C@@H](c1cc(Br)ccc1O)N1CCNCC1.Cl.Cl. The lowest BCUT2D eigenvalue weighted by Crippen LogP contribution is -2.46. The van der Waals surface area contributed by atoms with Crippen LogP contribution in [0, 0.1) is 5.92 Å². The van der Waals surface area contributed by atoms with E-state index in [0.717, 1.165) is 42.6 Å². The highest BCUT2D eigenvalue weighted by Gasteiger charge is 2.28. The molecule has 0 saturated carbocycles. The van der Waals surface area contributed by atoms with Gasteiger partial charge in [0.1, 0.15) is 5.75 Å². The van der Waals surface area contributed by atoms with E-state index in [0.29, 0.717) is 17.7 Å². The summed E-state index contributed by atoms with van der Waals surface area (Å²) in [6.45, 7) is 8.63. The molecule has 1 aromatic rings. The van der Waals surface area contributed by atoms with Gasteiger partial charge in [-0.1, -0.05) is 36.2 Å². The van der Waals surface area contributed by atoms with Crippen LogP contribution in [0.15, 0.2) is 22.7 Å². The van der Waals surface area contributed by atoms with Crippen molar-refractivity contribution in [3.05, 3.63) is 28.2 Å². The number of rotatable bonds is 4. The van der Waals surface area contributed by atoms with Gasteiger partial charge in [0.15, 0.2) is 0 Å². The molecule has 3 nitrogen and oxygen atoms in total. The zero-order valence-electron chi connectivity index (χ0n) is 12.5. The van der Waals surface area contributed by atoms with E-state index in [2.05, 4.69) is 46.1 Å². The number of phenolic OH excluding ortho intramolecular Hbond substituents is 1. The van der Waals surface area contributed by atoms with Crippen molar-refractivity contribution >= 4 is 40.7 Å². The average Bonchev–Trinajstić information content (AvgIpc) is 2.44. The molecule has 6 heteroatoms. The van der Waals surface area contributed by atoms with Crippen LogP contribution >= 0.6 is 40.7 Å². The fraction of sp³-hybridized carbons (Fsp3) is 0.600. The molecular formula is C15H25BrCl2N2O. The van der Waals surface area contributed by atoms with E-state index in [1.165, 1.54) is 0 Å². The highest BCUT2D eigenvalue weighted by molar-refractivity contribution is 9.10. The molecule has 122 valence electrons. The maximum absolute atomic E-state index is 10.2. The van der Waals surface area contributed by atoms with Crippen molar-refractivity contribution in [3.63, 3.8) is 0 Å². The van der Waals surface area contributed by atoms with E-state index >= 15 is 0 Å². The standard InChI is InChI=1S/C15H23BrN2O.2ClH/c1-3-11(2)15(18-8-6-17-7-9-18)13-10-12(16)4-5-14(13)19;;/h4-5,10-11,15,17,19H,3,6-9H2,1-2H3;2*1H/t11?,15-;;/m0../s1. The topological polar surface area (TPSA) is 35.5 Å². The Morgan fingerprint density at radius 2 is 1.90 bits per heavy atom. The summed E-state index contributed by atoms with van der Waals surface area (Å²) in [6.07, 6.45) is 1.11. The molecule has 2 rings (SSSR count). The van der Waals surface area contributed by atoms with Crippen molar-refractivity contribution in [1.82, 2.24) is 10.2 Å². The number of benzene rings is 1. The van der Waals surface area contributed by atoms with Crippen molar-refractivity contribution in [3.8, 4) is 5.75 Å². The summed E-state index contributed by atoms with van der Waals surface area (Å²) < 4.78 is 1.03. The van der Waals surface area contributed by atoms with Crippen LogP contribution in [0.4, 0.5) is 0 Å². The van der Waals surface area contributed by atoms with Gasteiger partial charge in [-0.05, 0) is 24.1 Å². The number of aromatic hydroxyl groups is 1. The fourth-order valence-electron chi connectivity index (χ4n) is 2.81. The first-order valence-corrected chi connectivity index (χ1v) is 7.86. The summed E-state index contributed by atoms with van der Waals surface area (Å²) in [5.41, 5.74) is 1.05. The maximum atomic E-state index is 10.2. The number of piperazine rings is 1. The van der Waals surface area contributed by atoms with Gasteiger partial charge in [-0.15, -0.1) is 24.8 Å². The van der Waals surface area contributed by atoms with E-state index in [-0.39, 0.29) is 24.8 Å². The maximum Gasteiger partial charge on any atom is 0.120 e. The van der Waals surface area contributed by atoms with Gasteiger partial charge in [0, 0.05) is 42.3 Å². The van der Waals surface area contributed by atoms with Gasteiger partial charge in [0.2, 0.25) is 0 Å². The second kappa shape index (κ2) is 9.90. The van der Waals surface area contributed by atoms with E-state index in [4.69, 9.17) is 0 Å². The summed E-state index contributed by atoms with van der Waals surface area (Å²) in [6, 6.07) is 6.04. The molecular weight excluding hydrogens is 375 g/mol. The molecule has 0 spiro atoms. The molecule has 2 N–H and O–H groups in total. The zero-order chi connectivity index (χ0) is 13.8. The number of nitrogens with one attached hydrogen (secondary N) is 1. The lowest BCUT2D eigenvalue weighted by atomic mass is 9.90. The minimum Gasteiger partial charge on any atom is -0.508 e. The second-order valence-electron chi connectivity index (χ2n) is 5.32. The van der Waals surface area contributed by atoms with Crippen molar-refractivity contribution < 1.29 is 5.11 Å². The van der Waals surface area contributed by atoms with Crippen LogP contribution in [0.1, 0.15) is 31.9 Å². The number of hydrogen-bond donors (Lipinski definition) is 2. The van der Waals surface area contributed by atoms with Gasteiger partial charge in [-0.2, -0.15) is 0 Å². The molecule has 0 aliphatic carbocycles. The monoisotopic (exact) mass is 398 g/mol. The van der Waals surface area contributed by atoms with Gasteiger partial charge < -0.3 is 10.4 Å². The Bertz CT molecular complexity index is 428. The first-order chi connectivity index (χ1) is 9.13. The van der Waals surface area contributed by atoms with Gasteiger partial charge >= 0.3 is 0 Å². The molecule has 1 aromatic carbocycles. The third-order valence-corrected chi connectivity index (χ3v) is 4.53. The number of hydrogen-bond acceptors (Lipinski definition) is 3. The molecule has 0 amide bonds. The molecule has 1 saturated heterocycles. The van der Waals surface area contributed by atoms with Crippen LogP contribution in [-0.4, -0.2) is 36.2 Å². The fourth-order valence-corrected chi connectivity index (χ4v) is 3.19. The molecule has 0 radical (unpaired) electrons. The largest absolute Gasteiger partial charge is 0.508 e. The van der Waals surface area contributed by atoms with Gasteiger partial charge in [0.25, 0.3) is 0 Å². The lowest BCUT2D eigenvalue weighted by Gasteiger charge is -2.38. The minimum absolute atomic E-state index is 0. The van der Waals surface area contributed by atoms with Crippen LogP contribution < -0.4 is 5.32 Å². The molecule has 1 aliphatic heterocycles. The third-order valence-electron chi connectivity index (χ3n) is 4.04. The zero-order valence-corrected chi connectivity index (χ0v) is 15.7. The normalized spacial score (nSPS) is 18.2. The summed E-state index contributed by atoms with van der Waals surface area (Å²) >= 11 is 3.52. The minimum atomic E-state index is 0. The van der Waals surface area contributed by atoms with E-state index in [1.54, 1.807) is 6.07 Å². The molecule has 21 heavy (non-hydrogen) atoms. The van der Waals surface area contributed by atoms with Crippen molar-refractivity contribution in [1.29, 1.82) is 0 Å². The van der Waals surface area contributed by atoms with E-state index in [1.807, 2.05) is 6.07 Å². The Morgan fingerprint density at radius 3 is 2.48 bits per heavy atom. The lowest BCUT2D eigenvalue weighted by molar-refractivity contribution is 0.126. The molecule has 0 aromatic heterocycles. The molecule has 0 bridgehead atoms. The van der Waals surface area contributed by atoms with Crippen molar-refractivity contribution in [2.45, 2.75) is 26.3 Å². The van der Waals surface area contributed by atoms with Crippen LogP contribution in [0.25, 0.3) is 0 Å². The smallest absolute Gasteiger partial charge is 0.120 e. The Labute approximate surface area is 148 Å². The van der Waals surface area contributed by atoms with Gasteiger partial charge in [0.05, 0.1) is 0 Å². The number of phenols is 1. The van der Waals surface area contributed by atoms with Crippen LogP contribution in [0.2, 0.25) is 0 Å². The average molecular weight is 400 g/mol. The summed E-state index contributed by atoms with van der Waals surface area (Å²) in [5.74, 6) is 0.935. The van der Waals surface area contributed by atoms with Crippen molar-refractivity contribution in [2.24, 2.45) is 5.92 Å². The second-order valence-corrected chi connectivity index (χ2v) is 6.24. The van der Waals surface area contributed by atoms with Crippen LogP contribution in [-0.2, 0) is 0 Å². The van der Waals surface area contributed by atoms with Crippen molar-refractivity contribution in [2.75, 3.05) is 26.2 Å². The molecule has 1 fully saturated rings. The summed E-state index contributed by atoms with van der Waals surface area (Å²) in [4.78, 5) is 2.49. The molecule has 2 atom stereocenters. The van der Waals surface area contributed by atoms with E-state index < -0.39 is 0 Å². The molecule has 1 unspecified atom stereocenters. The van der Waals surface area contributed by atoms with E-state index in [9.17, 15) is 5.11 Å². The highest BCUT2D eigenvalue weighted by atomic mass is 79.9. The van der Waals surface area contributed by atoms with Gasteiger partial charge in [-0.25, -0.2) is 0 Å². The predicted molar refractivity (Wildman–Crippen MR) is 96.9 cm³/mol. The van der Waals surface area contributed by atoms with Crippen LogP contribution in [0.5, 0.6) is 5.75 Å². The Hall–Kier alpha value is -0.000000000000000111. The Balaban J connectivity index is 0.00000200.